The molecule has 3 aromatic carbocycles. The van der Waals surface area contributed by atoms with Gasteiger partial charge in [0.15, 0.2) is 0 Å². The SMILES string of the molecule is CCCCCNCC.CCCNCC(=O)N1CCN(C(C)C)C(=N)C1.Cc1ccc(N)cc1.Cc1ccc(Nc2c(-c3ccc(F)cc3)nc3n2CCNC3)cc1. The Bertz CT molecular complexity index is 1710. The van der Waals surface area contributed by atoms with E-state index in [2.05, 4.69) is 91.6 Å². The van der Waals surface area contributed by atoms with Crippen molar-refractivity contribution >= 4 is 28.9 Å². The lowest BCUT2D eigenvalue weighted by Crippen LogP contribution is -2.55. The van der Waals surface area contributed by atoms with E-state index in [9.17, 15) is 9.18 Å². The number of unbranched alkanes of at least 4 members (excludes halogenated alkanes) is 2. The first-order valence-corrected chi connectivity index (χ1v) is 20.7. The number of nitrogens with two attached hydrogens (primary N) is 1. The van der Waals surface area contributed by atoms with Gasteiger partial charge < -0.3 is 41.4 Å². The van der Waals surface area contributed by atoms with Crippen LogP contribution in [0.25, 0.3) is 11.3 Å². The number of imidazole rings is 1. The highest BCUT2D eigenvalue weighted by Gasteiger charge is 2.25. The molecule has 12 heteroatoms. The predicted molar refractivity (Wildman–Crippen MR) is 237 cm³/mol. The number of benzene rings is 3. The van der Waals surface area contributed by atoms with Crippen LogP contribution in [0.15, 0.2) is 72.8 Å². The highest BCUT2D eigenvalue weighted by Crippen LogP contribution is 2.32. The maximum atomic E-state index is 13.3. The average Bonchev–Trinajstić information content (AvgIpc) is 3.57. The third-order valence-corrected chi connectivity index (χ3v) is 9.54. The number of piperazine rings is 1. The second kappa shape index (κ2) is 25.5. The number of hydrogen-bond donors (Lipinski definition) is 6. The van der Waals surface area contributed by atoms with Gasteiger partial charge in [0.2, 0.25) is 5.91 Å². The first-order valence-electron chi connectivity index (χ1n) is 20.7. The standard InChI is InChI=1S/C19H19FN4.C12H24N4O.C7H9N.C7H17N/c1-13-2-8-16(9-3-13)22-19-18(14-4-6-15(20)7-5-14)23-17-12-21-10-11-24(17)19;1-4-5-14-8-12(17)15-6-7-16(10(2)3)11(13)9-15;1-6-2-4-7(8)5-3-6;1-3-5-6-7-8-4-2/h2-9,21-22H,10-12H2,1H3;10,13-14H,4-9H2,1-3H3;2-5H,8H2,1H3;8H,3-7H2,1-2H3. The van der Waals surface area contributed by atoms with E-state index in [0.717, 1.165) is 86.5 Å². The number of carbonyl (C=O) groups excluding carboxylic acids is 1. The molecule has 4 aromatic rings. The smallest absolute Gasteiger partial charge is 0.236 e. The number of nitrogens with zero attached hydrogens (tertiary/aromatic N) is 4. The summed E-state index contributed by atoms with van der Waals surface area (Å²) in [5.74, 6) is 2.37. The van der Waals surface area contributed by atoms with Gasteiger partial charge in [0.05, 0.1) is 19.6 Å². The number of rotatable bonds is 13. The zero-order valence-electron chi connectivity index (χ0n) is 35.6. The molecule has 0 bridgehead atoms. The van der Waals surface area contributed by atoms with Crippen molar-refractivity contribution in [1.82, 2.24) is 35.3 Å². The quantitative estimate of drug-likeness (QED) is 0.0599. The van der Waals surface area contributed by atoms with Crippen LogP contribution in [0, 0.1) is 25.1 Å². The van der Waals surface area contributed by atoms with Crippen LogP contribution >= 0.6 is 0 Å². The van der Waals surface area contributed by atoms with Crippen LogP contribution < -0.4 is 27.0 Å². The summed E-state index contributed by atoms with van der Waals surface area (Å²) in [6.45, 7) is 22.8. The van der Waals surface area contributed by atoms with E-state index in [1.807, 2.05) is 36.1 Å². The Hall–Kier alpha value is -4.78. The van der Waals surface area contributed by atoms with Crippen LogP contribution in [0.2, 0.25) is 0 Å². The van der Waals surface area contributed by atoms with Crippen LogP contribution in [-0.4, -0.2) is 89.5 Å². The molecule has 1 saturated heterocycles. The van der Waals surface area contributed by atoms with E-state index in [0.29, 0.717) is 25.0 Å². The van der Waals surface area contributed by atoms with Crippen molar-refractivity contribution in [2.24, 2.45) is 0 Å². The van der Waals surface area contributed by atoms with Crippen LogP contribution in [0.5, 0.6) is 0 Å². The summed E-state index contributed by atoms with van der Waals surface area (Å²) >= 11 is 0. The lowest BCUT2D eigenvalue weighted by atomic mass is 10.1. The Morgan fingerprint density at radius 2 is 1.54 bits per heavy atom. The third-order valence-electron chi connectivity index (χ3n) is 9.54. The topological polar surface area (TPSA) is 139 Å². The summed E-state index contributed by atoms with van der Waals surface area (Å²) < 4.78 is 15.5. The zero-order valence-corrected chi connectivity index (χ0v) is 35.6. The summed E-state index contributed by atoms with van der Waals surface area (Å²) in [6.07, 6.45) is 5.06. The zero-order chi connectivity index (χ0) is 41.6. The molecule has 3 heterocycles. The molecule has 7 N–H and O–H groups in total. The minimum Gasteiger partial charge on any atom is -0.399 e. The summed E-state index contributed by atoms with van der Waals surface area (Å²) in [4.78, 5) is 20.4. The molecule has 312 valence electrons. The maximum Gasteiger partial charge on any atom is 0.236 e. The molecule has 0 spiro atoms. The molecule has 6 rings (SSSR count). The molecule has 1 fully saturated rings. The summed E-state index contributed by atoms with van der Waals surface area (Å²) in [7, 11) is 0. The van der Waals surface area contributed by atoms with Gasteiger partial charge >= 0.3 is 0 Å². The molecule has 2 aliphatic rings. The molecule has 2 aliphatic heterocycles. The Balaban J connectivity index is 0.000000229. The number of anilines is 3. The van der Waals surface area contributed by atoms with Gasteiger partial charge in [-0.3, -0.25) is 10.2 Å². The summed E-state index contributed by atoms with van der Waals surface area (Å²) in [6, 6.07) is 22.9. The Morgan fingerprint density at radius 1 is 0.877 bits per heavy atom. The molecule has 1 amide bonds. The number of halogens is 1. The van der Waals surface area contributed by atoms with Gasteiger partial charge in [-0.05, 0) is 109 Å². The number of fused-ring (bicyclic) bond motifs is 1. The molecule has 0 saturated carbocycles. The first kappa shape index (κ1) is 46.6. The van der Waals surface area contributed by atoms with Crippen molar-refractivity contribution in [2.75, 3.05) is 63.4 Å². The fraction of sp³-hybridized carbons (Fsp3) is 0.489. The number of nitrogen functional groups attached to an aromatic ring is 1. The Labute approximate surface area is 341 Å². The average molecular weight is 785 g/mol. The van der Waals surface area contributed by atoms with Crippen molar-refractivity contribution in [3.63, 3.8) is 0 Å². The van der Waals surface area contributed by atoms with E-state index in [4.69, 9.17) is 16.1 Å². The van der Waals surface area contributed by atoms with Gasteiger partial charge in [-0.1, -0.05) is 69.0 Å². The fourth-order valence-corrected chi connectivity index (χ4v) is 6.20. The molecular formula is C45H69FN10O. The number of aryl methyl sites for hydroxylation is 2. The van der Waals surface area contributed by atoms with Crippen molar-refractivity contribution in [3.8, 4) is 11.3 Å². The summed E-state index contributed by atoms with van der Waals surface area (Å²) in [5.41, 5.74) is 11.5. The van der Waals surface area contributed by atoms with Crippen molar-refractivity contribution in [1.29, 1.82) is 5.41 Å². The number of nitrogens with one attached hydrogen (secondary N) is 5. The highest BCUT2D eigenvalue weighted by molar-refractivity contribution is 5.88. The van der Waals surface area contributed by atoms with E-state index < -0.39 is 0 Å². The van der Waals surface area contributed by atoms with E-state index >= 15 is 0 Å². The number of hydrogen-bond acceptors (Lipinski definition) is 8. The lowest BCUT2D eigenvalue weighted by Gasteiger charge is -2.38. The maximum absolute atomic E-state index is 13.3. The monoisotopic (exact) mass is 785 g/mol. The minimum atomic E-state index is -0.238. The molecule has 57 heavy (non-hydrogen) atoms. The van der Waals surface area contributed by atoms with Crippen LogP contribution in [-0.2, 0) is 17.9 Å². The predicted octanol–water partition coefficient (Wildman–Crippen LogP) is 7.72. The molecule has 0 radical (unpaired) electrons. The number of amidine groups is 1. The van der Waals surface area contributed by atoms with Crippen LogP contribution in [0.1, 0.15) is 77.3 Å². The second-order valence-corrected chi connectivity index (χ2v) is 14.7. The molecule has 0 unspecified atom stereocenters. The second-order valence-electron chi connectivity index (χ2n) is 14.7. The normalized spacial score (nSPS) is 13.4. The Kier molecular flexibility index (Phi) is 20.8. The summed E-state index contributed by atoms with van der Waals surface area (Å²) in [5, 5.41) is 21.2. The van der Waals surface area contributed by atoms with E-state index in [1.165, 1.54) is 49.1 Å². The van der Waals surface area contributed by atoms with Gasteiger partial charge in [-0.25, -0.2) is 9.37 Å². The van der Waals surface area contributed by atoms with Crippen molar-refractivity contribution in [2.45, 2.75) is 93.3 Å². The molecule has 0 atom stereocenters. The number of aromatic nitrogens is 2. The van der Waals surface area contributed by atoms with Gasteiger partial charge in [0.1, 0.15) is 29.0 Å². The lowest BCUT2D eigenvalue weighted by molar-refractivity contribution is -0.130. The molecule has 1 aromatic heterocycles. The Morgan fingerprint density at radius 3 is 2.12 bits per heavy atom. The van der Waals surface area contributed by atoms with Crippen molar-refractivity contribution in [3.05, 3.63) is 95.6 Å². The molecular weight excluding hydrogens is 716 g/mol. The van der Waals surface area contributed by atoms with Crippen LogP contribution in [0.3, 0.4) is 0 Å². The molecule has 11 nitrogen and oxygen atoms in total. The first-order chi connectivity index (χ1) is 27.5. The third kappa shape index (κ3) is 16.3. The largest absolute Gasteiger partial charge is 0.399 e. The fourth-order valence-electron chi connectivity index (χ4n) is 6.20. The number of carbonyl (C=O) groups is 1. The van der Waals surface area contributed by atoms with Gasteiger partial charge in [0.25, 0.3) is 0 Å². The highest BCUT2D eigenvalue weighted by atomic mass is 19.1. The minimum absolute atomic E-state index is 0.103. The van der Waals surface area contributed by atoms with Gasteiger partial charge in [-0.15, -0.1) is 0 Å². The van der Waals surface area contributed by atoms with E-state index in [1.54, 1.807) is 17.0 Å². The van der Waals surface area contributed by atoms with Gasteiger partial charge in [0, 0.05) is 49.2 Å². The molecule has 0 aliphatic carbocycles. The van der Waals surface area contributed by atoms with E-state index in [-0.39, 0.29) is 11.7 Å². The van der Waals surface area contributed by atoms with Gasteiger partial charge in [-0.2, -0.15) is 0 Å². The van der Waals surface area contributed by atoms with Crippen LogP contribution in [0.4, 0.5) is 21.6 Å². The van der Waals surface area contributed by atoms with Crippen molar-refractivity contribution < 1.29 is 9.18 Å². The number of amides is 1.